The summed E-state index contributed by atoms with van der Waals surface area (Å²) in [7, 11) is 0. The van der Waals surface area contributed by atoms with Crippen LogP contribution in [-0.2, 0) is 0 Å². The fourth-order valence-electron chi connectivity index (χ4n) is 1.75. The zero-order valence-electron chi connectivity index (χ0n) is 10.7. The van der Waals surface area contributed by atoms with Crippen LogP contribution in [0.3, 0.4) is 0 Å². The second-order valence-corrected chi connectivity index (χ2v) is 5.18. The maximum Gasteiger partial charge on any atom is 0.253 e. The van der Waals surface area contributed by atoms with Crippen molar-refractivity contribution < 1.29 is 4.79 Å². The maximum atomic E-state index is 12.1. The van der Waals surface area contributed by atoms with Crippen molar-refractivity contribution in [1.29, 1.82) is 0 Å². The van der Waals surface area contributed by atoms with Gasteiger partial charge in [-0.05, 0) is 36.8 Å². The lowest BCUT2D eigenvalue weighted by atomic mass is 10.1. The summed E-state index contributed by atoms with van der Waals surface area (Å²) in [5.74, 6) is 0.131. The highest BCUT2D eigenvalue weighted by molar-refractivity contribution is 6.35. The highest BCUT2D eigenvalue weighted by atomic mass is 35.5. The molecule has 0 saturated heterocycles. The van der Waals surface area contributed by atoms with Crippen LogP contribution in [0.2, 0.25) is 10.0 Å². The predicted molar refractivity (Wildman–Crippen MR) is 81.0 cm³/mol. The molecule has 0 aliphatic rings. The molecule has 6 heteroatoms. The first kappa shape index (κ1) is 14.6. The maximum absolute atomic E-state index is 12.1. The monoisotopic (exact) mass is 309 g/mol. The zero-order chi connectivity index (χ0) is 14.7. The molecule has 2 rings (SSSR count). The van der Waals surface area contributed by atoms with Crippen molar-refractivity contribution in [3.63, 3.8) is 0 Å². The molecule has 104 valence electrons. The average molecular weight is 310 g/mol. The minimum absolute atomic E-state index is 0.240. The lowest BCUT2D eigenvalue weighted by molar-refractivity contribution is 0.0939. The van der Waals surface area contributed by atoms with Crippen LogP contribution in [-0.4, -0.2) is 10.9 Å². The molecule has 2 aromatic rings. The van der Waals surface area contributed by atoms with Crippen molar-refractivity contribution in [2.45, 2.75) is 13.0 Å². The number of halogens is 2. The number of pyridine rings is 1. The largest absolute Gasteiger partial charge is 0.384 e. The Balaban J connectivity index is 2.12. The van der Waals surface area contributed by atoms with E-state index in [-0.39, 0.29) is 11.9 Å². The van der Waals surface area contributed by atoms with Crippen LogP contribution in [0.4, 0.5) is 5.82 Å². The Kier molecular flexibility index (Phi) is 4.47. The lowest BCUT2D eigenvalue weighted by Crippen LogP contribution is -2.27. The van der Waals surface area contributed by atoms with E-state index in [1.165, 1.54) is 6.20 Å². The van der Waals surface area contributed by atoms with Gasteiger partial charge in [0.25, 0.3) is 5.91 Å². The van der Waals surface area contributed by atoms with E-state index in [9.17, 15) is 4.79 Å². The third-order valence-corrected chi connectivity index (χ3v) is 3.39. The molecule has 4 nitrogen and oxygen atoms in total. The Morgan fingerprint density at radius 3 is 2.65 bits per heavy atom. The molecule has 1 aromatic heterocycles. The Morgan fingerprint density at radius 2 is 2.05 bits per heavy atom. The number of anilines is 1. The van der Waals surface area contributed by atoms with Crippen LogP contribution in [0.1, 0.15) is 28.9 Å². The predicted octanol–water partition coefficient (Wildman–Crippen LogP) is 3.46. The van der Waals surface area contributed by atoms with E-state index in [0.717, 1.165) is 5.56 Å². The van der Waals surface area contributed by atoms with Crippen molar-refractivity contribution in [1.82, 2.24) is 10.3 Å². The molecule has 1 amide bonds. The molecule has 1 aromatic carbocycles. The molecule has 0 bridgehead atoms. The minimum Gasteiger partial charge on any atom is -0.384 e. The molecular formula is C14H13Cl2N3O. The first-order valence-corrected chi connectivity index (χ1v) is 6.70. The van der Waals surface area contributed by atoms with Gasteiger partial charge < -0.3 is 11.1 Å². The number of hydrogen-bond donors (Lipinski definition) is 2. The van der Waals surface area contributed by atoms with E-state index in [1.54, 1.807) is 30.3 Å². The van der Waals surface area contributed by atoms with Gasteiger partial charge >= 0.3 is 0 Å². The van der Waals surface area contributed by atoms with Gasteiger partial charge in [-0.15, -0.1) is 0 Å². The van der Waals surface area contributed by atoms with E-state index in [4.69, 9.17) is 28.9 Å². The molecule has 0 fully saturated rings. The normalized spacial score (nSPS) is 11.9. The summed E-state index contributed by atoms with van der Waals surface area (Å²) in [5, 5.41) is 3.92. The summed E-state index contributed by atoms with van der Waals surface area (Å²) in [4.78, 5) is 15.9. The van der Waals surface area contributed by atoms with Crippen molar-refractivity contribution in [2.75, 3.05) is 5.73 Å². The number of amides is 1. The molecule has 3 N–H and O–H groups in total. The van der Waals surface area contributed by atoms with Gasteiger partial charge in [-0.2, -0.15) is 0 Å². The number of carbonyl (C=O) groups excluding carboxylic acids is 1. The fraction of sp³-hybridized carbons (Fsp3) is 0.143. The minimum atomic E-state index is -0.246. The number of benzene rings is 1. The van der Waals surface area contributed by atoms with Crippen LogP contribution in [0.15, 0.2) is 36.5 Å². The van der Waals surface area contributed by atoms with E-state index >= 15 is 0 Å². The molecule has 0 aliphatic heterocycles. The summed E-state index contributed by atoms with van der Waals surface area (Å²) in [6.07, 6.45) is 1.43. The molecular weight excluding hydrogens is 297 g/mol. The van der Waals surface area contributed by atoms with Gasteiger partial charge in [0.1, 0.15) is 5.82 Å². The second kappa shape index (κ2) is 6.11. The molecule has 0 spiro atoms. The summed E-state index contributed by atoms with van der Waals surface area (Å²) in [6, 6.07) is 8.12. The number of nitrogens with two attached hydrogens (primary N) is 1. The number of rotatable bonds is 3. The van der Waals surface area contributed by atoms with E-state index in [0.29, 0.717) is 21.4 Å². The van der Waals surface area contributed by atoms with Gasteiger partial charge in [0, 0.05) is 16.2 Å². The first-order chi connectivity index (χ1) is 9.47. The van der Waals surface area contributed by atoms with Crippen LogP contribution >= 0.6 is 23.2 Å². The van der Waals surface area contributed by atoms with Crippen LogP contribution in [0.25, 0.3) is 0 Å². The molecule has 0 aliphatic carbocycles. The average Bonchev–Trinajstić information content (AvgIpc) is 2.39. The number of nitrogens with zero attached hydrogens (tertiary/aromatic N) is 1. The zero-order valence-corrected chi connectivity index (χ0v) is 12.2. The van der Waals surface area contributed by atoms with Gasteiger partial charge in [-0.3, -0.25) is 4.79 Å². The van der Waals surface area contributed by atoms with E-state index in [1.807, 2.05) is 6.92 Å². The quantitative estimate of drug-likeness (QED) is 0.912. The number of nitrogens with one attached hydrogen (secondary N) is 1. The van der Waals surface area contributed by atoms with Gasteiger partial charge in [0.2, 0.25) is 0 Å². The first-order valence-electron chi connectivity index (χ1n) is 5.94. The number of nitrogen functional groups attached to an aromatic ring is 1. The second-order valence-electron chi connectivity index (χ2n) is 4.33. The van der Waals surface area contributed by atoms with Crippen LogP contribution in [0, 0.1) is 0 Å². The topological polar surface area (TPSA) is 68.0 Å². The molecule has 0 saturated carbocycles. The molecule has 1 unspecified atom stereocenters. The SMILES string of the molecule is CC(NC(=O)c1ccc(N)nc1)c1ccc(Cl)cc1Cl. The van der Waals surface area contributed by atoms with Gasteiger partial charge in [0.05, 0.1) is 11.6 Å². The van der Waals surface area contributed by atoms with Gasteiger partial charge in [0.15, 0.2) is 0 Å². The summed E-state index contributed by atoms with van der Waals surface area (Å²) in [6.45, 7) is 1.84. The van der Waals surface area contributed by atoms with Crippen molar-refractivity contribution in [3.05, 3.63) is 57.7 Å². The van der Waals surface area contributed by atoms with Gasteiger partial charge in [-0.1, -0.05) is 29.3 Å². The number of carbonyl (C=O) groups is 1. The highest BCUT2D eigenvalue weighted by Crippen LogP contribution is 2.26. The molecule has 0 radical (unpaired) electrons. The molecule has 20 heavy (non-hydrogen) atoms. The Morgan fingerprint density at radius 1 is 1.30 bits per heavy atom. The van der Waals surface area contributed by atoms with E-state index in [2.05, 4.69) is 10.3 Å². The highest BCUT2D eigenvalue weighted by Gasteiger charge is 2.14. The lowest BCUT2D eigenvalue weighted by Gasteiger charge is -2.16. The Bertz CT molecular complexity index is 629. The third-order valence-electron chi connectivity index (χ3n) is 2.83. The fourth-order valence-corrected chi connectivity index (χ4v) is 2.32. The van der Waals surface area contributed by atoms with Crippen LogP contribution < -0.4 is 11.1 Å². The summed E-state index contributed by atoms with van der Waals surface area (Å²) in [5.41, 5.74) is 6.72. The molecule has 1 heterocycles. The Labute approximate surface area is 126 Å². The van der Waals surface area contributed by atoms with Gasteiger partial charge in [-0.25, -0.2) is 4.98 Å². The molecule has 1 atom stereocenters. The summed E-state index contributed by atoms with van der Waals surface area (Å²) < 4.78 is 0. The van der Waals surface area contributed by atoms with Crippen LogP contribution in [0.5, 0.6) is 0 Å². The Hall–Kier alpha value is -1.78. The van der Waals surface area contributed by atoms with Crippen molar-refractivity contribution in [3.8, 4) is 0 Å². The van der Waals surface area contributed by atoms with E-state index < -0.39 is 0 Å². The smallest absolute Gasteiger partial charge is 0.253 e. The van der Waals surface area contributed by atoms with Crippen molar-refractivity contribution >= 4 is 34.9 Å². The summed E-state index contributed by atoms with van der Waals surface area (Å²) >= 11 is 12.0. The standard InChI is InChI=1S/C14H13Cl2N3O/c1-8(11-4-3-10(15)6-12(11)16)19-14(20)9-2-5-13(17)18-7-9/h2-8H,1H3,(H2,17,18)(H,19,20). The number of aromatic nitrogens is 1. The van der Waals surface area contributed by atoms with Crippen molar-refractivity contribution in [2.24, 2.45) is 0 Å². The number of hydrogen-bond acceptors (Lipinski definition) is 3. The third kappa shape index (κ3) is 3.40.